The Kier molecular flexibility index (Phi) is 2.28. The van der Waals surface area contributed by atoms with Gasteiger partial charge in [-0.1, -0.05) is 0 Å². The van der Waals surface area contributed by atoms with Crippen LogP contribution in [0.4, 0.5) is 0 Å². The van der Waals surface area contributed by atoms with E-state index in [1.807, 2.05) is 6.19 Å². The van der Waals surface area contributed by atoms with Crippen LogP contribution in [0.5, 0.6) is 0 Å². The predicted molar refractivity (Wildman–Crippen MR) is 40.2 cm³/mol. The Morgan fingerprint density at radius 1 is 1.55 bits per heavy atom. The van der Waals surface area contributed by atoms with Crippen LogP contribution < -0.4 is 5.73 Å². The summed E-state index contributed by atoms with van der Waals surface area (Å²) < 4.78 is 0. The SMILES string of the molecule is N#CN(C(=N)N)N1CCCC1. The predicted octanol–water partition coefficient (Wildman–Crippen LogP) is -0.326. The Morgan fingerprint density at radius 3 is 2.45 bits per heavy atom. The fraction of sp³-hybridized carbons (Fsp3) is 0.667. The normalized spacial score (nSPS) is 17.7. The minimum atomic E-state index is -0.200. The van der Waals surface area contributed by atoms with Crippen molar-refractivity contribution in [3.8, 4) is 6.19 Å². The van der Waals surface area contributed by atoms with Crippen molar-refractivity contribution in [1.82, 2.24) is 10.0 Å². The summed E-state index contributed by atoms with van der Waals surface area (Å²) >= 11 is 0. The summed E-state index contributed by atoms with van der Waals surface area (Å²) in [6.45, 7) is 1.65. The topological polar surface area (TPSA) is 80.1 Å². The maximum absolute atomic E-state index is 8.57. The van der Waals surface area contributed by atoms with Crippen LogP contribution in [0, 0.1) is 16.9 Å². The van der Waals surface area contributed by atoms with Crippen molar-refractivity contribution >= 4 is 5.96 Å². The highest BCUT2D eigenvalue weighted by Gasteiger charge is 2.19. The number of hydrogen-bond donors (Lipinski definition) is 2. The van der Waals surface area contributed by atoms with Crippen molar-refractivity contribution in [2.45, 2.75) is 12.8 Å². The minimum Gasteiger partial charge on any atom is -0.368 e. The number of guanidine groups is 1. The molecule has 0 aromatic rings. The molecule has 1 fully saturated rings. The number of hydrazine groups is 1. The molecule has 5 nitrogen and oxygen atoms in total. The third-order valence-electron chi connectivity index (χ3n) is 1.69. The number of nitrogens with one attached hydrogen (secondary N) is 1. The summed E-state index contributed by atoms with van der Waals surface area (Å²) in [6.07, 6.45) is 4.00. The van der Waals surface area contributed by atoms with E-state index in [-0.39, 0.29) is 5.96 Å². The summed E-state index contributed by atoms with van der Waals surface area (Å²) in [5, 5.41) is 18.5. The molecule has 0 aliphatic carbocycles. The van der Waals surface area contributed by atoms with Crippen LogP contribution in [0.1, 0.15) is 12.8 Å². The summed E-state index contributed by atoms with van der Waals surface area (Å²) in [6, 6.07) is 0. The molecule has 1 heterocycles. The molecule has 0 radical (unpaired) electrons. The fourth-order valence-corrected chi connectivity index (χ4v) is 1.17. The van der Waals surface area contributed by atoms with Gasteiger partial charge in [-0.2, -0.15) is 10.3 Å². The molecule has 0 aromatic heterocycles. The van der Waals surface area contributed by atoms with Gasteiger partial charge >= 0.3 is 0 Å². The van der Waals surface area contributed by atoms with E-state index in [9.17, 15) is 0 Å². The Hall–Kier alpha value is -1.28. The van der Waals surface area contributed by atoms with Crippen molar-refractivity contribution in [1.29, 1.82) is 10.7 Å². The standard InChI is InChI=1S/C6H11N5/c7-5-11(6(8)9)10-3-1-2-4-10/h1-4H2,(H3,8,9). The van der Waals surface area contributed by atoms with Crippen LogP contribution in [0.25, 0.3) is 0 Å². The van der Waals surface area contributed by atoms with Gasteiger partial charge in [-0.3, -0.25) is 5.41 Å². The van der Waals surface area contributed by atoms with Crippen molar-refractivity contribution in [2.75, 3.05) is 13.1 Å². The van der Waals surface area contributed by atoms with Gasteiger partial charge in [0.2, 0.25) is 12.2 Å². The number of rotatable bonds is 1. The smallest absolute Gasteiger partial charge is 0.217 e. The van der Waals surface area contributed by atoms with Gasteiger partial charge in [0.1, 0.15) is 0 Å². The maximum atomic E-state index is 8.57. The van der Waals surface area contributed by atoms with E-state index in [0.29, 0.717) is 0 Å². The van der Waals surface area contributed by atoms with E-state index in [1.54, 1.807) is 5.01 Å². The summed E-state index contributed by atoms with van der Waals surface area (Å²) in [4.78, 5) is 0. The van der Waals surface area contributed by atoms with Crippen LogP contribution in [0.2, 0.25) is 0 Å². The fourth-order valence-electron chi connectivity index (χ4n) is 1.17. The van der Waals surface area contributed by atoms with Gasteiger partial charge in [-0.05, 0) is 12.8 Å². The molecule has 0 spiro atoms. The lowest BCUT2D eigenvalue weighted by molar-refractivity contribution is 0.133. The number of hydrogen-bond acceptors (Lipinski definition) is 3. The van der Waals surface area contributed by atoms with E-state index in [4.69, 9.17) is 16.4 Å². The highest BCUT2D eigenvalue weighted by atomic mass is 15.6. The molecule has 0 amide bonds. The zero-order valence-corrected chi connectivity index (χ0v) is 6.25. The molecule has 0 saturated carbocycles. The molecular weight excluding hydrogens is 142 g/mol. The zero-order chi connectivity index (χ0) is 8.27. The monoisotopic (exact) mass is 153 g/mol. The summed E-state index contributed by atoms with van der Waals surface area (Å²) in [7, 11) is 0. The maximum Gasteiger partial charge on any atom is 0.217 e. The third kappa shape index (κ3) is 1.59. The van der Waals surface area contributed by atoms with Gasteiger partial charge in [0.15, 0.2) is 0 Å². The second-order valence-electron chi connectivity index (χ2n) is 2.46. The second-order valence-corrected chi connectivity index (χ2v) is 2.46. The lowest BCUT2D eigenvalue weighted by Crippen LogP contribution is -2.44. The van der Waals surface area contributed by atoms with E-state index in [2.05, 4.69) is 0 Å². The first-order chi connectivity index (χ1) is 5.25. The Bertz CT molecular complexity index is 188. The lowest BCUT2D eigenvalue weighted by atomic mass is 10.4. The molecule has 0 bridgehead atoms. The highest BCUT2D eigenvalue weighted by molar-refractivity contribution is 5.75. The van der Waals surface area contributed by atoms with E-state index in [1.165, 1.54) is 0 Å². The minimum absolute atomic E-state index is 0.200. The molecule has 0 aromatic carbocycles. The van der Waals surface area contributed by atoms with Gasteiger partial charge in [0, 0.05) is 13.1 Å². The quantitative estimate of drug-likeness (QED) is 0.234. The Balaban J connectivity index is 2.55. The van der Waals surface area contributed by atoms with Crippen molar-refractivity contribution < 1.29 is 0 Å². The molecule has 0 unspecified atom stereocenters. The Morgan fingerprint density at radius 2 is 2.09 bits per heavy atom. The molecule has 60 valence electrons. The van der Waals surface area contributed by atoms with Gasteiger partial charge in [0.05, 0.1) is 0 Å². The molecule has 1 saturated heterocycles. The molecule has 3 N–H and O–H groups in total. The van der Waals surface area contributed by atoms with Crippen LogP contribution in [0.3, 0.4) is 0 Å². The van der Waals surface area contributed by atoms with Crippen molar-refractivity contribution in [3.05, 3.63) is 0 Å². The largest absolute Gasteiger partial charge is 0.368 e. The second kappa shape index (κ2) is 3.21. The lowest BCUT2D eigenvalue weighted by Gasteiger charge is -2.23. The number of nitrogens with two attached hydrogens (primary N) is 1. The van der Waals surface area contributed by atoms with Gasteiger partial charge in [-0.25, -0.2) is 5.01 Å². The van der Waals surface area contributed by atoms with Crippen LogP contribution in [-0.2, 0) is 0 Å². The Labute approximate surface area is 65.5 Å². The van der Waals surface area contributed by atoms with Gasteiger partial charge in [-0.15, -0.1) is 0 Å². The van der Waals surface area contributed by atoms with E-state index < -0.39 is 0 Å². The molecule has 0 atom stereocenters. The number of nitriles is 1. The van der Waals surface area contributed by atoms with Gasteiger partial charge in [0.25, 0.3) is 0 Å². The third-order valence-corrected chi connectivity index (χ3v) is 1.69. The van der Waals surface area contributed by atoms with Crippen molar-refractivity contribution in [2.24, 2.45) is 5.73 Å². The van der Waals surface area contributed by atoms with Crippen LogP contribution >= 0.6 is 0 Å². The summed E-state index contributed by atoms with van der Waals surface area (Å²) in [5.41, 5.74) is 5.17. The molecular formula is C6H11N5. The van der Waals surface area contributed by atoms with Crippen LogP contribution in [-0.4, -0.2) is 29.1 Å². The first kappa shape index (κ1) is 7.82. The molecule has 1 rings (SSSR count). The first-order valence-corrected chi connectivity index (χ1v) is 3.54. The average molecular weight is 153 g/mol. The first-order valence-electron chi connectivity index (χ1n) is 3.54. The van der Waals surface area contributed by atoms with E-state index in [0.717, 1.165) is 30.9 Å². The van der Waals surface area contributed by atoms with E-state index >= 15 is 0 Å². The summed E-state index contributed by atoms with van der Waals surface area (Å²) in [5.74, 6) is -0.200. The average Bonchev–Trinajstić information content (AvgIpc) is 2.40. The number of nitrogens with zero attached hydrogens (tertiary/aromatic N) is 3. The zero-order valence-electron chi connectivity index (χ0n) is 6.25. The molecule has 5 heteroatoms. The van der Waals surface area contributed by atoms with Gasteiger partial charge < -0.3 is 5.73 Å². The molecule has 1 aliphatic rings. The molecule has 11 heavy (non-hydrogen) atoms. The van der Waals surface area contributed by atoms with Crippen molar-refractivity contribution in [3.63, 3.8) is 0 Å². The van der Waals surface area contributed by atoms with Crippen LogP contribution in [0.15, 0.2) is 0 Å². The molecule has 1 aliphatic heterocycles. The highest BCUT2D eigenvalue weighted by Crippen LogP contribution is 2.09.